The number of rotatable bonds is 15. The molecular formula is C40H50N8O8. The van der Waals surface area contributed by atoms with Crippen LogP contribution in [0.5, 0.6) is 0 Å². The fourth-order valence-electron chi connectivity index (χ4n) is 7.55. The molecule has 0 spiro atoms. The second kappa shape index (κ2) is 18.3. The topological polar surface area (TPSA) is 195 Å². The van der Waals surface area contributed by atoms with Gasteiger partial charge in [-0.1, -0.05) is 48.5 Å². The first-order chi connectivity index (χ1) is 27.1. The van der Waals surface area contributed by atoms with Gasteiger partial charge in [-0.15, -0.1) is 0 Å². The Balaban J connectivity index is 1.10. The van der Waals surface area contributed by atoms with Crippen molar-refractivity contribution in [2.24, 2.45) is 0 Å². The first kappa shape index (κ1) is 39.9. The molecule has 4 heterocycles. The van der Waals surface area contributed by atoms with Crippen LogP contribution in [0.15, 0.2) is 60.9 Å². The molecule has 56 heavy (non-hydrogen) atoms. The normalized spacial score (nSPS) is 17.8. The first-order valence-corrected chi connectivity index (χ1v) is 18.8. The standard InChI is InChI=1S/C40H50N8O8/c1-46(40(52)53)34(18-22-55-3)38(50)48-20-6-8-33(48)36-42-24-31(44-36)28-15-11-26(12-16-28)25-9-13-27(14-10-25)30-23-41-35(43-30)32-7-5-19-47(32)37(49)29(17-21-54-2)45-39(51)56-4/h9-16,23-24,29,32-34H,5-8,17-22H2,1-4H3,(H,41,43)(H,42,44)(H,45,51)(H,52,53)/t29-,32-,33-,34-/m0/s1. The number of aromatic nitrogens is 4. The highest BCUT2D eigenvalue weighted by molar-refractivity contribution is 5.87. The summed E-state index contributed by atoms with van der Waals surface area (Å²) in [5, 5.41) is 12.2. The Morgan fingerprint density at radius 3 is 1.70 bits per heavy atom. The number of H-pyrrole nitrogens is 2. The van der Waals surface area contributed by atoms with Gasteiger partial charge in [-0.2, -0.15) is 0 Å². The van der Waals surface area contributed by atoms with Gasteiger partial charge in [0.05, 0.1) is 43.0 Å². The van der Waals surface area contributed by atoms with E-state index in [1.807, 2.05) is 36.4 Å². The Morgan fingerprint density at radius 1 is 0.768 bits per heavy atom. The predicted molar refractivity (Wildman–Crippen MR) is 206 cm³/mol. The smallest absolute Gasteiger partial charge is 0.407 e. The van der Waals surface area contributed by atoms with Gasteiger partial charge in [0.2, 0.25) is 11.8 Å². The number of nitrogens with zero attached hydrogens (tertiary/aromatic N) is 5. The van der Waals surface area contributed by atoms with Crippen molar-refractivity contribution in [1.29, 1.82) is 0 Å². The van der Waals surface area contributed by atoms with Gasteiger partial charge < -0.3 is 44.4 Å². The van der Waals surface area contributed by atoms with Gasteiger partial charge in [-0.05, 0) is 47.9 Å². The van der Waals surface area contributed by atoms with Crippen LogP contribution in [-0.2, 0) is 23.8 Å². The van der Waals surface area contributed by atoms with Gasteiger partial charge in [0.15, 0.2) is 0 Å². The van der Waals surface area contributed by atoms with E-state index < -0.39 is 24.3 Å². The maximum atomic E-state index is 13.6. The zero-order chi connectivity index (χ0) is 39.8. The second-order valence-electron chi connectivity index (χ2n) is 14.1. The van der Waals surface area contributed by atoms with Gasteiger partial charge in [0.1, 0.15) is 23.7 Å². The summed E-state index contributed by atoms with van der Waals surface area (Å²) in [7, 11) is 5.76. The summed E-state index contributed by atoms with van der Waals surface area (Å²) >= 11 is 0. The first-order valence-electron chi connectivity index (χ1n) is 18.8. The number of hydrogen-bond acceptors (Lipinski definition) is 9. The summed E-state index contributed by atoms with van der Waals surface area (Å²) in [6.07, 6.45) is 5.41. The molecule has 298 valence electrons. The maximum absolute atomic E-state index is 13.6. The third kappa shape index (κ3) is 8.87. The van der Waals surface area contributed by atoms with Crippen molar-refractivity contribution in [3.05, 3.63) is 72.6 Å². The summed E-state index contributed by atoms with van der Waals surface area (Å²) in [5.74, 6) is 0.922. The Bertz CT molecular complexity index is 1960. The summed E-state index contributed by atoms with van der Waals surface area (Å²) in [6, 6.07) is 14.2. The number of carbonyl (C=O) groups excluding carboxylic acids is 3. The molecule has 2 fully saturated rings. The van der Waals surface area contributed by atoms with Gasteiger partial charge in [-0.25, -0.2) is 19.6 Å². The fraction of sp³-hybridized carbons (Fsp3) is 0.450. The van der Waals surface area contributed by atoms with Gasteiger partial charge in [0, 0.05) is 60.4 Å². The molecule has 0 radical (unpaired) electrons. The SMILES string of the molecule is COCC[C@H](NC(=O)OC)C(=O)N1CCC[C@H]1c1ncc(-c2ccc(-c3ccc(-c4cnc([C@@H]5CCCN5C(=O)[C@H](CCOC)N(C)C(=O)O)[nH]4)cc3)cc2)[nH]1. The van der Waals surface area contributed by atoms with E-state index in [-0.39, 0.29) is 36.9 Å². The Kier molecular flexibility index (Phi) is 13.0. The molecule has 6 rings (SSSR count). The fourth-order valence-corrected chi connectivity index (χ4v) is 7.55. The lowest BCUT2D eigenvalue weighted by atomic mass is 10.0. The number of methoxy groups -OCH3 is 3. The third-order valence-corrected chi connectivity index (χ3v) is 10.7. The highest BCUT2D eigenvalue weighted by Crippen LogP contribution is 2.35. The molecule has 0 bridgehead atoms. The zero-order valence-electron chi connectivity index (χ0n) is 32.2. The summed E-state index contributed by atoms with van der Waals surface area (Å²) in [4.78, 5) is 71.5. The van der Waals surface area contributed by atoms with E-state index in [0.29, 0.717) is 37.8 Å². The number of aromatic amines is 2. The van der Waals surface area contributed by atoms with E-state index in [9.17, 15) is 24.3 Å². The number of carboxylic acid groups (broad SMARTS) is 1. The number of carbonyl (C=O) groups is 4. The summed E-state index contributed by atoms with van der Waals surface area (Å²) < 4.78 is 15.1. The average Bonchev–Trinajstić information content (AvgIpc) is 4.06. The average molecular weight is 771 g/mol. The number of amides is 4. The number of likely N-dealkylation sites (N-methyl/N-ethyl adjacent to an activating group) is 1. The number of benzene rings is 2. The number of alkyl carbamates (subject to hydrolysis) is 1. The van der Waals surface area contributed by atoms with Crippen molar-refractivity contribution in [2.45, 2.75) is 62.7 Å². The van der Waals surface area contributed by atoms with Crippen molar-refractivity contribution < 1.29 is 38.5 Å². The minimum absolute atomic E-state index is 0.196. The monoisotopic (exact) mass is 770 g/mol. The van der Waals surface area contributed by atoms with Crippen LogP contribution in [0.3, 0.4) is 0 Å². The summed E-state index contributed by atoms with van der Waals surface area (Å²) in [6.45, 7) is 1.67. The molecule has 16 heteroatoms. The maximum Gasteiger partial charge on any atom is 0.407 e. The molecular weight excluding hydrogens is 720 g/mol. The van der Waals surface area contributed by atoms with Crippen molar-refractivity contribution in [1.82, 2.24) is 40.0 Å². The second-order valence-corrected chi connectivity index (χ2v) is 14.1. The number of imidazole rings is 2. The Labute approximate surface area is 325 Å². The van der Waals surface area contributed by atoms with E-state index >= 15 is 0 Å². The molecule has 16 nitrogen and oxygen atoms in total. The number of likely N-dealkylation sites (tertiary alicyclic amines) is 2. The van der Waals surface area contributed by atoms with E-state index in [0.717, 1.165) is 64.2 Å². The minimum Gasteiger partial charge on any atom is -0.465 e. The number of hydrogen-bond donors (Lipinski definition) is 4. The van der Waals surface area contributed by atoms with Crippen molar-refractivity contribution >= 4 is 24.0 Å². The Hall–Kier alpha value is -5.74. The molecule has 0 saturated carbocycles. The van der Waals surface area contributed by atoms with Crippen LogP contribution in [0.1, 0.15) is 62.3 Å². The largest absolute Gasteiger partial charge is 0.465 e. The van der Waals surface area contributed by atoms with E-state index in [4.69, 9.17) is 14.2 Å². The molecule has 2 aliphatic rings. The minimum atomic E-state index is -1.16. The highest BCUT2D eigenvalue weighted by atomic mass is 16.5. The van der Waals surface area contributed by atoms with Gasteiger partial charge in [0.25, 0.3) is 0 Å². The molecule has 4 N–H and O–H groups in total. The predicted octanol–water partition coefficient (Wildman–Crippen LogP) is 5.24. The summed E-state index contributed by atoms with van der Waals surface area (Å²) in [5.41, 5.74) is 5.62. The van der Waals surface area contributed by atoms with Gasteiger partial charge >= 0.3 is 12.2 Å². The van der Waals surface area contributed by atoms with Crippen LogP contribution < -0.4 is 5.32 Å². The molecule has 2 aromatic heterocycles. The van der Waals surface area contributed by atoms with E-state index in [2.05, 4.69) is 37.4 Å². The highest BCUT2D eigenvalue weighted by Gasteiger charge is 2.39. The molecule has 4 atom stereocenters. The molecule has 0 unspecified atom stereocenters. The zero-order valence-corrected chi connectivity index (χ0v) is 32.2. The van der Waals surface area contributed by atoms with Crippen molar-refractivity contribution in [2.75, 3.05) is 54.7 Å². The molecule has 2 aliphatic heterocycles. The van der Waals surface area contributed by atoms with Crippen LogP contribution in [0.25, 0.3) is 33.6 Å². The lowest BCUT2D eigenvalue weighted by Gasteiger charge is -2.31. The van der Waals surface area contributed by atoms with Crippen LogP contribution in [-0.4, -0.2) is 131 Å². The van der Waals surface area contributed by atoms with Crippen LogP contribution in [0, 0.1) is 0 Å². The lowest BCUT2D eigenvalue weighted by molar-refractivity contribution is -0.137. The Morgan fingerprint density at radius 2 is 1.23 bits per heavy atom. The molecule has 2 saturated heterocycles. The van der Waals surface area contributed by atoms with E-state index in [1.54, 1.807) is 29.3 Å². The van der Waals surface area contributed by atoms with Crippen LogP contribution in [0.2, 0.25) is 0 Å². The quantitative estimate of drug-likeness (QED) is 0.124. The van der Waals surface area contributed by atoms with Crippen LogP contribution in [0.4, 0.5) is 9.59 Å². The molecule has 4 amide bonds. The molecule has 2 aromatic carbocycles. The van der Waals surface area contributed by atoms with Crippen molar-refractivity contribution in [3.8, 4) is 33.6 Å². The van der Waals surface area contributed by atoms with Gasteiger partial charge in [-0.3, -0.25) is 14.5 Å². The third-order valence-electron chi connectivity index (χ3n) is 10.7. The van der Waals surface area contributed by atoms with Crippen molar-refractivity contribution in [3.63, 3.8) is 0 Å². The number of ether oxygens (including phenoxy) is 3. The van der Waals surface area contributed by atoms with E-state index in [1.165, 1.54) is 21.3 Å². The molecule has 4 aromatic rings. The lowest BCUT2D eigenvalue weighted by Crippen LogP contribution is -2.49. The number of nitrogens with one attached hydrogen (secondary N) is 3. The van der Waals surface area contributed by atoms with Crippen LogP contribution >= 0.6 is 0 Å². The molecule has 0 aliphatic carbocycles.